The summed E-state index contributed by atoms with van der Waals surface area (Å²) in [7, 11) is 1.71. The molecule has 0 saturated heterocycles. The van der Waals surface area contributed by atoms with Gasteiger partial charge in [0.2, 0.25) is 0 Å². The Labute approximate surface area is 126 Å². The number of aryl methyl sites for hydroxylation is 2. The first-order chi connectivity index (χ1) is 9.58. The maximum atomic E-state index is 5.83. The van der Waals surface area contributed by atoms with E-state index < -0.39 is 0 Å². The second-order valence-corrected chi connectivity index (χ2v) is 5.19. The number of hydrogen-bond donors (Lipinski definition) is 1. The van der Waals surface area contributed by atoms with E-state index in [9.17, 15) is 0 Å². The molecule has 1 aromatic carbocycles. The number of halogens is 1. The van der Waals surface area contributed by atoms with Crippen LogP contribution in [0.1, 0.15) is 23.6 Å². The third-order valence-corrected chi connectivity index (χ3v) is 3.34. The fraction of sp³-hybridized carbons (Fsp3) is 0.500. The summed E-state index contributed by atoms with van der Waals surface area (Å²) < 4.78 is 10.8. The van der Waals surface area contributed by atoms with Gasteiger partial charge in [-0.2, -0.15) is 0 Å². The molecule has 0 atom stereocenters. The van der Waals surface area contributed by atoms with E-state index in [2.05, 4.69) is 31.3 Å². The van der Waals surface area contributed by atoms with E-state index in [-0.39, 0.29) is 0 Å². The molecule has 0 aromatic heterocycles. The molecular weight excluding hydrogens is 274 g/mol. The van der Waals surface area contributed by atoms with Crippen LogP contribution >= 0.6 is 11.6 Å². The van der Waals surface area contributed by atoms with Crippen molar-refractivity contribution >= 4 is 11.6 Å². The summed E-state index contributed by atoms with van der Waals surface area (Å²) in [6.07, 6.45) is 0. The molecule has 1 aromatic rings. The highest BCUT2D eigenvalue weighted by molar-refractivity contribution is 6.25. The van der Waals surface area contributed by atoms with Crippen molar-refractivity contribution in [2.45, 2.75) is 27.3 Å². The van der Waals surface area contributed by atoms with Gasteiger partial charge in [-0.05, 0) is 43.0 Å². The average Bonchev–Trinajstić information content (AvgIpc) is 2.42. The molecule has 0 aliphatic heterocycles. The first-order valence-electron chi connectivity index (χ1n) is 6.77. The fourth-order valence-electron chi connectivity index (χ4n) is 1.99. The minimum atomic E-state index is 0.524. The first-order valence-corrected chi connectivity index (χ1v) is 7.20. The van der Waals surface area contributed by atoms with Gasteiger partial charge in [-0.3, -0.25) is 0 Å². The maximum Gasteiger partial charge on any atom is 0.125 e. The van der Waals surface area contributed by atoms with Crippen LogP contribution in [-0.2, 0) is 11.3 Å². The number of ether oxygens (including phenoxy) is 2. The van der Waals surface area contributed by atoms with Crippen molar-refractivity contribution in [1.82, 2.24) is 5.32 Å². The molecule has 0 spiro atoms. The fourth-order valence-corrected chi connectivity index (χ4v) is 2.06. The number of rotatable bonds is 8. The first kappa shape index (κ1) is 17.0. The van der Waals surface area contributed by atoms with Gasteiger partial charge < -0.3 is 14.8 Å². The molecule has 20 heavy (non-hydrogen) atoms. The molecule has 112 valence electrons. The number of nitrogens with one attached hydrogen (secondary N) is 1. The van der Waals surface area contributed by atoms with E-state index in [0.29, 0.717) is 6.61 Å². The van der Waals surface area contributed by atoms with E-state index in [1.54, 1.807) is 12.6 Å². The van der Waals surface area contributed by atoms with Gasteiger partial charge in [0.1, 0.15) is 12.4 Å². The summed E-state index contributed by atoms with van der Waals surface area (Å²) in [5.74, 6) is 0.948. The Morgan fingerprint density at radius 2 is 1.95 bits per heavy atom. The van der Waals surface area contributed by atoms with Crippen molar-refractivity contribution in [3.05, 3.63) is 39.9 Å². The molecule has 1 rings (SSSR count). The van der Waals surface area contributed by atoms with E-state index in [1.807, 2.05) is 6.92 Å². The Morgan fingerprint density at radius 3 is 2.50 bits per heavy atom. The Hall–Kier alpha value is -1.03. The molecule has 0 aliphatic carbocycles. The maximum absolute atomic E-state index is 5.83. The van der Waals surface area contributed by atoms with E-state index in [4.69, 9.17) is 21.1 Å². The quantitative estimate of drug-likeness (QED) is 0.744. The number of methoxy groups -OCH3 is 1. The second kappa shape index (κ2) is 9.01. The van der Waals surface area contributed by atoms with Gasteiger partial charge in [-0.25, -0.2) is 0 Å². The number of hydrogen-bond acceptors (Lipinski definition) is 3. The van der Waals surface area contributed by atoms with E-state index in [1.165, 1.54) is 5.56 Å². The molecular formula is C16H24ClNO2. The summed E-state index contributed by atoms with van der Waals surface area (Å²) in [6, 6.07) is 4.31. The van der Waals surface area contributed by atoms with Crippen molar-refractivity contribution < 1.29 is 9.47 Å². The van der Waals surface area contributed by atoms with Crippen LogP contribution < -0.4 is 10.1 Å². The molecule has 0 fully saturated rings. The zero-order chi connectivity index (χ0) is 15.0. The van der Waals surface area contributed by atoms with Crippen molar-refractivity contribution in [2.75, 3.05) is 26.9 Å². The van der Waals surface area contributed by atoms with Crippen LogP contribution in [0.5, 0.6) is 5.75 Å². The largest absolute Gasteiger partial charge is 0.489 e. The summed E-state index contributed by atoms with van der Waals surface area (Å²) in [6.45, 7) is 9.03. The van der Waals surface area contributed by atoms with Crippen molar-refractivity contribution in [3.8, 4) is 5.75 Å². The van der Waals surface area contributed by atoms with Gasteiger partial charge in [-0.15, -0.1) is 0 Å². The van der Waals surface area contributed by atoms with Crippen LogP contribution in [0, 0.1) is 13.8 Å². The predicted octanol–water partition coefficient (Wildman–Crippen LogP) is 3.56. The lowest BCUT2D eigenvalue weighted by Crippen LogP contribution is -2.18. The highest BCUT2D eigenvalue weighted by atomic mass is 35.5. The summed E-state index contributed by atoms with van der Waals surface area (Å²) in [5, 5.41) is 3.34. The van der Waals surface area contributed by atoms with Crippen molar-refractivity contribution in [2.24, 2.45) is 0 Å². The lowest BCUT2D eigenvalue weighted by atomic mass is 10.1. The third kappa shape index (κ3) is 5.53. The third-order valence-electron chi connectivity index (χ3n) is 2.96. The average molecular weight is 298 g/mol. The lowest BCUT2D eigenvalue weighted by Gasteiger charge is -2.14. The second-order valence-electron chi connectivity index (χ2n) is 4.97. The molecule has 0 bridgehead atoms. The monoisotopic (exact) mass is 297 g/mol. The molecule has 0 heterocycles. The summed E-state index contributed by atoms with van der Waals surface area (Å²) in [5.41, 5.74) is 6.12. The van der Waals surface area contributed by atoms with Crippen molar-refractivity contribution in [3.63, 3.8) is 0 Å². The van der Waals surface area contributed by atoms with E-state index >= 15 is 0 Å². The molecule has 0 unspecified atom stereocenters. The minimum absolute atomic E-state index is 0.524. The zero-order valence-electron chi connectivity index (χ0n) is 12.8. The van der Waals surface area contributed by atoms with Crippen molar-refractivity contribution in [1.29, 1.82) is 0 Å². The van der Waals surface area contributed by atoms with Crippen LogP contribution in [0.2, 0.25) is 0 Å². The van der Waals surface area contributed by atoms with Crippen LogP contribution in [0.4, 0.5) is 0 Å². The van der Waals surface area contributed by atoms with Gasteiger partial charge in [0, 0.05) is 25.7 Å². The summed E-state index contributed by atoms with van der Waals surface area (Å²) in [4.78, 5) is 0. The van der Waals surface area contributed by atoms with Gasteiger partial charge in [0.05, 0.1) is 6.61 Å². The zero-order valence-corrected chi connectivity index (χ0v) is 13.5. The van der Waals surface area contributed by atoms with Gasteiger partial charge in [0.15, 0.2) is 0 Å². The topological polar surface area (TPSA) is 30.5 Å². The van der Waals surface area contributed by atoms with Gasteiger partial charge >= 0.3 is 0 Å². The Bertz CT molecular complexity index is 435. The van der Waals surface area contributed by atoms with Crippen LogP contribution in [0.3, 0.4) is 0 Å². The highest BCUT2D eigenvalue weighted by Crippen LogP contribution is 2.25. The molecule has 0 aliphatic rings. The van der Waals surface area contributed by atoms with Crippen LogP contribution in [0.25, 0.3) is 0 Å². The Balaban J connectivity index is 2.66. The Kier molecular flexibility index (Phi) is 7.67. The molecule has 0 radical (unpaired) electrons. The molecule has 0 amide bonds. The van der Waals surface area contributed by atoms with Gasteiger partial charge in [0.25, 0.3) is 0 Å². The normalized spacial score (nSPS) is 11.8. The summed E-state index contributed by atoms with van der Waals surface area (Å²) >= 11 is 5.65. The smallest absolute Gasteiger partial charge is 0.125 e. The minimum Gasteiger partial charge on any atom is -0.489 e. The SMILES string of the molecule is COCCNCc1cc(C)c(OC/C(C)=C/Cl)c(C)c1. The lowest BCUT2D eigenvalue weighted by molar-refractivity contribution is 0.199. The predicted molar refractivity (Wildman–Crippen MR) is 84.6 cm³/mol. The Morgan fingerprint density at radius 1 is 1.30 bits per heavy atom. The number of benzene rings is 1. The van der Waals surface area contributed by atoms with Gasteiger partial charge in [-0.1, -0.05) is 23.7 Å². The molecule has 3 nitrogen and oxygen atoms in total. The molecule has 4 heteroatoms. The molecule has 0 saturated carbocycles. The van der Waals surface area contributed by atoms with E-state index in [0.717, 1.165) is 42.1 Å². The molecule has 1 N–H and O–H groups in total. The highest BCUT2D eigenvalue weighted by Gasteiger charge is 2.06. The standard InChI is InChI=1S/C16H24ClNO2/c1-12(9-17)11-20-16-13(2)7-15(8-14(16)3)10-18-5-6-19-4/h7-9,18H,5-6,10-11H2,1-4H3/b12-9+. The van der Waals surface area contributed by atoms with Crippen LogP contribution in [-0.4, -0.2) is 26.9 Å². The van der Waals surface area contributed by atoms with Crippen LogP contribution in [0.15, 0.2) is 23.2 Å².